The number of hydrogen-bond acceptors (Lipinski definition) is 4. The highest BCUT2D eigenvalue weighted by atomic mass is 16.6. The van der Waals surface area contributed by atoms with Crippen LogP contribution in [0.15, 0.2) is 0 Å². The normalized spacial score (nSPS) is 22.1. The molecule has 5 nitrogen and oxygen atoms in total. The van der Waals surface area contributed by atoms with Gasteiger partial charge in [0, 0.05) is 13.5 Å². The Morgan fingerprint density at radius 1 is 1.44 bits per heavy atom. The van der Waals surface area contributed by atoms with Gasteiger partial charge in [0.05, 0.1) is 19.2 Å². The first kappa shape index (κ1) is 13.0. The molecule has 0 spiro atoms. The molecule has 1 rings (SSSR count). The van der Waals surface area contributed by atoms with Gasteiger partial charge in [0.2, 0.25) is 0 Å². The zero-order valence-electron chi connectivity index (χ0n) is 10.3. The molecule has 1 heterocycles. The number of Topliss-reactive ketones (excluding diaryl/α,β-unsaturated/α-hetero) is 1. The molecular formula is C11H19NO4. The topological polar surface area (TPSA) is 55.8 Å². The zero-order chi connectivity index (χ0) is 12.3. The summed E-state index contributed by atoms with van der Waals surface area (Å²) in [5.41, 5.74) is -0.542. The van der Waals surface area contributed by atoms with E-state index in [2.05, 4.69) is 0 Å². The summed E-state index contributed by atoms with van der Waals surface area (Å²) in [5.74, 6) is 0.00367. The average Bonchev–Trinajstić information content (AvgIpc) is 2.14. The minimum absolute atomic E-state index is 0.00367. The van der Waals surface area contributed by atoms with Crippen LogP contribution in [0.2, 0.25) is 0 Å². The fourth-order valence-electron chi connectivity index (χ4n) is 1.53. The second kappa shape index (κ2) is 4.82. The van der Waals surface area contributed by atoms with E-state index in [1.165, 1.54) is 12.0 Å². The van der Waals surface area contributed by atoms with Gasteiger partial charge in [-0.1, -0.05) is 0 Å². The summed E-state index contributed by atoms with van der Waals surface area (Å²) < 4.78 is 10.3. The van der Waals surface area contributed by atoms with Gasteiger partial charge in [-0.3, -0.25) is 9.69 Å². The Bertz CT molecular complexity index is 282. The van der Waals surface area contributed by atoms with Gasteiger partial charge < -0.3 is 9.47 Å². The summed E-state index contributed by atoms with van der Waals surface area (Å²) in [6.07, 6.45) is -0.299. The molecule has 1 atom stereocenters. The van der Waals surface area contributed by atoms with Crippen LogP contribution in [0.3, 0.4) is 0 Å². The lowest BCUT2D eigenvalue weighted by molar-refractivity contribution is -0.126. The highest BCUT2D eigenvalue weighted by Crippen LogP contribution is 2.15. The highest BCUT2D eigenvalue weighted by molar-refractivity contribution is 5.85. The SMILES string of the molecule is CO[C@@H]1CC(=O)CN(C(=O)OC(C)(C)C)C1. The first-order valence-corrected chi connectivity index (χ1v) is 5.34. The van der Waals surface area contributed by atoms with Gasteiger partial charge in [-0.25, -0.2) is 4.79 Å². The molecule has 0 N–H and O–H groups in total. The van der Waals surface area contributed by atoms with Gasteiger partial charge in [0.1, 0.15) is 5.60 Å². The van der Waals surface area contributed by atoms with Crippen LogP contribution in [0.4, 0.5) is 4.79 Å². The van der Waals surface area contributed by atoms with Crippen molar-refractivity contribution < 1.29 is 19.1 Å². The first-order valence-electron chi connectivity index (χ1n) is 5.34. The van der Waals surface area contributed by atoms with E-state index in [0.717, 1.165) is 0 Å². The van der Waals surface area contributed by atoms with E-state index in [-0.39, 0.29) is 18.4 Å². The number of rotatable bonds is 1. The molecule has 0 saturated carbocycles. The van der Waals surface area contributed by atoms with Crippen molar-refractivity contribution in [2.75, 3.05) is 20.2 Å². The van der Waals surface area contributed by atoms with Crippen molar-refractivity contribution in [3.05, 3.63) is 0 Å². The molecule has 0 bridgehead atoms. The molecule has 1 aliphatic rings. The molecule has 0 radical (unpaired) electrons. The number of hydrogen-bond donors (Lipinski definition) is 0. The summed E-state index contributed by atoms with van der Waals surface area (Å²) >= 11 is 0. The Hall–Kier alpha value is -1.10. The van der Waals surface area contributed by atoms with Crippen molar-refractivity contribution >= 4 is 11.9 Å². The second-order valence-corrected chi connectivity index (χ2v) is 4.96. The molecular weight excluding hydrogens is 210 g/mol. The fraction of sp³-hybridized carbons (Fsp3) is 0.818. The lowest BCUT2D eigenvalue weighted by atomic mass is 10.1. The van der Waals surface area contributed by atoms with Crippen LogP contribution >= 0.6 is 0 Å². The maximum Gasteiger partial charge on any atom is 0.410 e. The third-order valence-electron chi connectivity index (χ3n) is 2.23. The van der Waals surface area contributed by atoms with Crippen LogP contribution in [0.25, 0.3) is 0 Å². The number of nitrogens with zero attached hydrogens (tertiary/aromatic N) is 1. The minimum atomic E-state index is -0.542. The van der Waals surface area contributed by atoms with E-state index < -0.39 is 11.7 Å². The van der Waals surface area contributed by atoms with Crippen LogP contribution in [0.1, 0.15) is 27.2 Å². The summed E-state index contributed by atoms with van der Waals surface area (Å²) in [5, 5.41) is 0. The molecule has 0 aliphatic carbocycles. The Morgan fingerprint density at radius 3 is 2.56 bits per heavy atom. The molecule has 1 amide bonds. The molecule has 0 aromatic rings. The molecule has 1 saturated heterocycles. The van der Waals surface area contributed by atoms with E-state index in [9.17, 15) is 9.59 Å². The predicted molar refractivity (Wildman–Crippen MR) is 58.2 cm³/mol. The number of carbonyl (C=O) groups excluding carboxylic acids is 2. The lowest BCUT2D eigenvalue weighted by Crippen LogP contribution is -2.48. The lowest BCUT2D eigenvalue weighted by Gasteiger charge is -2.32. The van der Waals surface area contributed by atoms with Crippen molar-refractivity contribution in [3.8, 4) is 0 Å². The first-order chi connectivity index (χ1) is 7.31. The smallest absolute Gasteiger partial charge is 0.410 e. The largest absolute Gasteiger partial charge is 0.444 e. The van der Waals surface area contributed by atoms with Crippen molar-refractivity contribution in [3.63, 3.8) is 0 Å². The number of likely N-dealkylation sites (tertiary alicyclic amines) is 1. The van der Waals surface area contributed by atoms with E-state index in [4.69, 9.17) is 9.47 Å². The summed E-state index contributed by atoms with van der Waals surface area (Å²) in [7, 11) is 1.54. The molecule has 92 valence electrons. The Labute approximate surface area is 95.7 Å². The summed E-state index contributed by atoms with van der Waals surface area (Å²) in [6, 6.07) is 0. The highest BCUT2D eigenvalue weighted by Gasteiger charge is 2.31. The van der Waals surface area contributed by atoms with Gasteiger partial charge in [-0.15, -0.1) is 0 Å². The Kier molecular flexibility index (Phi) is 3.91. The van der Waals surface area contributed by atoms with Gasteiger partial charge in [0.25, 0.3) is 0 Å². The van der Waals surface area contributed by atoms with Crippen molar-refractivity contribution in [2.24, 2.45) is 0 Å². The Morgan fingerprint density at radius 2 is 2.06 bits per heavy atom. The zero-order valence-corrected chi connectivity index (χ0v) is 10.3. The third kappa shape index (κ3) is 3.81. The van der Waals surface area contributed by atoms with Crippen molar-refractivity contribution in [2.45, 2.75) is 38.9 Å². The molecule has 1 fully saturated rings. The molecule has 5 heteroatoms. The van der Waals surface area contributed by atoms with Crippen molar-refractivity contribution in [1.82, 2.24) is 4.90 Å². The van der Waals surface area contributed by atoms with Crippen LogP contribution in [0, 0.1) is 0 Å². The van der Waals surface area contributed by atoms with E-state index in [0.29, 0.717) is 13.0 Å². The quantitative estimate of drug-likeness (QED) is 0.678. The second-order valence-electron chi connectivity index (χ2n) is 4.96. The molecule has 0 aromatic carbocycles. The van der Waals surface area contributed by atoms with Gasteiger partial charge >= 0.3 is 6.09 Å². The number of piperidine rings is 1. The predicted octanol–water partition coefficient (Wildman–Crippen LogP) is 1.21. The minimum Gasteiger partial charge on any atom is -0.444 e. The fourth-order valence-corrected chi connectivity index (χ4v) is 1.53. The van der Waals surface area contributed by atoms with Gasteiger partial charge in [0.15, 0.2) is 5.78 Å². The molecule has 0 unspecified atom stereocenters. The summed E-state index contributed by atoms with van der Waals surface area (Å²) in [6.45, 7) is 5.92. The number of carbonyl (C=O) groups is 2. The van der Waals surface area contributed by atoms with Crippen LogP contribution < -0.4 is 0 Å². The van der Waals surface area contributed by atoms with Gasteiger partial charge in [-0.05, 0) is 20.8 Å². The maximum atomic E-state index is 11.7. The van der Waals surface area contributed by atoms with E-state index >= 15 is 0 Å². The van der Waals surface area contributed by atoms with E-state index in [1.54, 1.807) is 20.8 Å². The standard InChI is InChI=1S/C11H19NO4/c1-11(2,3)16-10(14)12-6-8(13)5-9(7-12)15-4/h9H,5-7H2,1-4H3/t9-/m1/s1. The number of ether oxygens (including phenoxy) is 2. The number of methoxy groups -OCH3 is 1. The van der Waals surface area contributed by atoms with Gasteiger partial charge in [-0.2, -0.15) is 0 Å². The average molecular weight is 229 g/mol. The molecule has 0 aromatic heterocycles. The third-order valence-corrected chi connectivity index (χ3v) is 2.23. The van der Waals surface area contributed by atoms with Crippen molar-refractivity contribution in [1.29, 1.82) is 0 Å². The Balaban J connectivity index is 2.59. The number of amides is 1. The maximum absolute atomic E-state index is 11.7. The van der Waals surface area contributed by atoms with Crippen LogP contribution in [-0.2, 0) is 14.3 Å². The van der Waals surface area contributed by atoms with Crippen LogP contribution in [0.5, 0.6) is 0 Å². The molecule has 1 aliphatic heterocycles. The molecule has 16 heavy (non-hydrogen) atoms. The van der Waals surface area contributed by atoms with E-state index in [1.807, 2.05) is 0 Å². The van der Waals surface area contributed by atoms with Crippen LogP contribution in [-0.4, -0.2) is 48.7 Å². The monoisotopic (exact) mass is 229 g/mol. The summed E-state index contributed by atoms with van der Waals surface area (Å²) in [4.78, 5) is 24.5. The number of ketones is 1.